The number of hydrogen-bond donors (Lipinski definition) is 2. The average Bonchev–Trinajstić information content (AvgIpc) is 3.25. The Morgan fingerprint density at radius 1 is 0.931 bits per heavy atom. The summed E-state index contributed by atoms with van der Waals surface area (Å²) in [6, 6.07) is 0.372. The van der Waals surface area contributed by atoms with Crippen molar-refractivity contribution in [1.82, 2.24) is 10.6 Å². The van der Waals surface area contributed by atoms with Crippen molar-refractivity contribution in [3.05, 3.63) is 0 Å². The molecule has 5 saturated carbocycles. The van der Waals surface area contributed by atoms with Crippen molar-refractivity contribution in [2.45, 2.75) is 85.6 Å². The average molecular weight is 403 g/mol. The first-order chi connectivity index (χ1) is 13.7. The van der Waals surface area contributed by atoms with Gasteiger partial charge in [-0.3, -0.25) is 9.59 Å². The molecule has 0 aromatic rings. The van der Waals surface area contributed by atoms with Crippen LogP contribution in [0.2, 0.25) is 0 Å². The molecule has 0 saturated heterocycles. The fourth-order valence-corrected chi connectivity index (χ4v) is 7.38. The molecule has 0 spiro atoms. The monoisotopic (exact) mass is 402 g/mol. The van der Waals surface area contributed by atoms with Crippen molar-refractivity contribution in [3.8, 4) is 0 Å². The standard InChI is InChI=1S/C25H42N2O2/c1-14(2)23(28)27-22-11-18-10-19(22)9-17(18)8-15(3)24(29)26-13-16-6-7-20-12-21(16)25(20,4)5/h14-22H,6-13H2,1-5H3,(H,26,29)(H,27,28). The highest BCUT2D eigenvalue weighted by molar-refractivity contribution is 5.78. The van der Waals surface area contributed by atoms with Crippen LogP contribution < -0.4 is 10.6 Å². The molecule has 4 bridgehead atoms. The number of nitrogens with one attached hydrogen (secondary N) is 2. The molecule has 0 radical (unpaired) electrons. The molecule has 4 heteroatoms. The summed E-state index contributed by atoms with van der Waals surface area (Å²) in [5.74, 6) is 5.01. The first kappa shape index (κ1) is 21.2. The van der Waals surface area contributed by atoms with Crippen LogP contribution in [-0.2, 0) is 9.59 Å². The van der Waals surface area contributed by atoms with Gasteiger partial charge in [-0.2, -0.15) is 0 Å². The van der Waals surface area contributed by atoms with E-state index in [2.05, 4.69) is 31.4 Å². The van der Waals surface area contributed by atoms with Crippen molar-refractivity contribution in [2.24, 2.45) is 52.8 Å². The topological polar surface area (TPSA) is 58.2 Å². The maximum Gasteiger partial charge on any atom is 0.222 e. The van der Waals surface area contributed by atoms with Gasteiger partial charge in [-0.15, -0.1) is 0 Å². The zero-order chi connectivity index (χ0) is 20.9. The fraction of sp³-hybridized carbons (Fsp3) is 0.920. The van der Waals surface area contributed by atoms with Crippen LogP contribution in [0, 0.1) is 52.8 Å². The van der Waals surface area contributed by atoms with Crippen LogP contribution in [0.1, 0.15) is 79.6 Å². The number of carbonyl (C=O) groups excluding carboxylic acids is 2. The maximum atomic E-state index is 12.8. The van der Waals surface area contributed by atoms with Crippen LogP contribution in [0.25, 0.3) is 0 Å². The molecule has 5 aliphatic rings. The smallest absolute Gasteiger partial charge is 0.222 e. The van der Waals surface area contributed by atoms with Gasteiger partial charge < -0.3 is 10.6 Å². The first-order valence-corrected chi connectivity index (χ1v) is 12.2. The van der Waals surface area contributed by atoms with Crippen LogP contribution in [0.3, 0.4) is 0 Å². The number of carbonyl (C=O) groups is 2. The van der Waals surface area contributed by atoms with E-state index in [4.69, 9.17) is 0 Å². The van der Waals surface area contributed by atoms with Crippen LogP contribution in [0.5, 0.6) is 0 Å². The molecule has 8 atom stereocenters. The summed E-state index contributed by atoms with van der Waals surface area (Å²) in [4.78, 5) is 24.8. The van der Waals surface area contributed by atoms with Gasteiger partial charge in [0.1, 0.15) is 0 Å². The molecule has 5 aliphatic carbocycles. The van der Waals surface area contributed by atoms with E-state index in [1.54, 1.807) is 0 Å². The molecule has 29 heavy (non-hydrogen) atoms. The third-order valence-corrected chi connectivity index (χ3v) is 9.50. The van der Waals surface area contributed by atoms with Crippen molar-refractivity contribution in [3.63, 3.8) is 0 Å². The van der Waals surface area contributed by atoms with Gasteiger partial charge in [0.2, 0.25) is 11.8 Å². The number of amides is 2. The summed E-state index contributed by atoms with van der Waals surface area (Å²) < 4.78 is 0. The van der Waals surface area contributed by atoms with Gasteiger partial charge in [-0.1, -0.05) is 34.6 Å². The lowest BCUT2D eigenvalue weighted by Crippen LogP contribution is -2.54. The number of rotatable bonds is 7. The molecule has 0 aliphatic heterocycles. The Morgan fingerprint density at radius 2 is 1.69 bits per heavy atom. The quantitative estimate of drug-likeness (QED) is 0.663. The lowest BCUT2D eigenvalue weighted by molar-refractivity contribution is -0.128. The van der Waals surface area contributed by atoms with E-state index in [0.717, 1.165) is 31.2 Å². The van der Waals surface area contributed by atoms with E-state index >= 15 is 0 Å². The van der Waals surface area contributed by atoms with E-state index in [1.807, 2.05) is 13.8 Å². The Morgan fingerprint density at radius 3 is 2.28 bits per heavy atom. The molecule has 2 N–H and O–H groups in total. The zero-order valence-corrected chi connectivity index (χ0v) is 19.2. The Hall–Kier alpha value is -1.06. The second-order valence-corrected chi connectivity index (χ2v) is 11.8. The lowest BCUT2D eigenvalue weighted by Gasteiger charge is -2.60. The fourth-order valence-electron chi connectivity index (χ4n) is 7.38. The Balaban J connectivity index is 1.20. The minimum Gasteiger partial charge on any atom is -0.356 e. The highest BCUT2D eigenvalue weighted by Gasteiger charge is 2.54. The van der Waals surface area contributed by atoms with E-state index in [-0.39, 0.29) is 23.7 Å². The summed E-state index contributed by atoms with van der Waals surface area (Å²) in [5.41, 5.74) is 0.490. The molecular formula is C25H42N2O2. The first-order valence-electron chi connectivity index (χ1n) is 12.2. The molecule has 0 aromatic carbocycles. The minimum atomic E-state index is 0.0641. The van der Waals surface area contributed by atoms with Gasteiger partial charge in [0.15, 0.2) is 0 Å². The normalized spacial score (nSPS) is 40.4. The lowest BCUT2D eigenvalue weighted by atomic mass is 9.45. The van der Waals surface area contributed by atoms with Gasteiger partial charge in [0.05, 0.1) is 0 Å². The highest BCUT2D eigenvalue weighted by Crippen LogP contribution is 2.61. The Bertz CT molecular complexity index is 641. The van der Waals surface area contributed by atoms with Crippen molar-refractivity contribution in [2.75, 3.05) is 6.54 Å². The third kappa shape index (κ3) is 3.97. The van der Waals surface area contributed by atoms with Crippen LogP contribution in [-0.4, -0.2) is 24.4 Å². The molecule has 4 nitrogen and oxygen atoms in total. The Labute approximate surface area is 177 Å². The minimum absolute atomic E-state index is 0.0641. The van der Waals surface area contributed by atoms with E-state index < -0.39 is 0 Å². The van der Waals surface area contributed by atoms with Crippen molar-refractivity contribution < 1.29 is 9.59 Å². The zero-order valence-electron chi connectivity index (χ0n) is 19.2. The molecule has 0 aromatic heterocycles. The molecule has 5 fully saturated rings. The molecule has 8 unspecified atom stereocenters. The molecule has 2 amide bonds. The van der Waals surface area contributed by atoms with Crippen molar-refractivity contribution >= 4 is 11.8 Å². The van der Waals surface area contributed by atoms with E-state index in [9.17, 15) is 9.59 Å². The largest absolute Gasteiger partial charge is 0.356 e. The van der Waals surface area contributed by atoms with Gasteiger partial charge in [-0.05, 0) is 85.9 Å². The number of fused-ring (bicyclic) bond motifs is 4. The summed E-state index contributed by atoms with van der Waals surface area (Å²) >= 11 is 0. The Kier molecular flexibility index (Phi) is 5.76. The van der Waals surface area contributed by atoms with Gasteiger partial charge >= 0.3 is 0 Å². The number of hydrogen-bond acceptors (Lipinski definition) is 2. The summed E-state index contributed by atoms with van der Waals surface area (Å²) in [6.45, 7) is 11.8. The predicted octanol–water partition coefficient (Wildman–Crippen LogP) is 4.39. The van der Waals surface area contributed by atoms with Crippen LogP contribution in [0.4, 0.5) is 0 Å². The second-order valence-electron chi connectivity index (χ2n) is 11.8. The van der Waals surface area contributed by atoms with Crippen LogP contribution >= 0.6 is 0 Å². The summed E-state index contributed by atoms with van der Waals surface area (Å²) in [5, 5.41) is 6.57. The summed E-state index contributed by atoms with van der Waals surface area (Å²) in [7, 11) is 0. The molecule has 5 rings (SSSR count). The highest BCUT2D eigenvalue weighted by atomic mass is 16.2. The molecular weight excluding hydrogens is 360 g/mol. The van der Waals surface area contributed by atoms with Gasteiger partial charge in [0, 0.05) is 24.4 Å². The van der Waals surface area contributed by atoms with Gasteiger partial charge in [-0.25, -0.2) is 0 Å². The second kappa shape index (κ2) is 7.89. The summed E-state index contributed by atoms with van der Waals surface area (Å²) in [6.07, 6.45) is 8.57. The third-order valence-electron chi connectivity index (χ3n) is 9.50. The van der Waals surface area contributed by atoms with Crippen molar-refractivity contribution in [1.29, 1.82) is 0 Å². The maximum absolute atomic E-state index is 12.8. The van der Waals surface area contributed by atoms with E-state index in [1.165, 1.54) is 32.1 Å². The van der Waals surface area contributed by atoms with E-state index in [0.29, 0.717) is 35.1 Å². The molecule has 0 heterocycles. The molecule has 164 valence electrons. The SMILES string of the molecule is CC(C)C(=O)NC1CC2CC1CC2CC(C)C(=O)NCC1CCC2CC1C2(C)C. The predicted molar refractivity (Wildman–Crippen MR) is 116 cm³/mol. The van der Waals surface area contributed by atoms with Crippen LogP contribution in [0.15, 0.2) is 0 Å². The van der Waals surface area contributed by atoms with Gasteiger partial charge in [0.25, 0.3) is 0 Å².